The van der Waals surface area contributed by atoms with Crippen LogP contribution in [-0.2, 0) is 5.60 Å². The molecule has 1 heterocycles. The molecular weight excluding hydrogens is 294 g/mol. The van der Waals surface area contributed by atoms with Gasteiger partial charge in [0.15, 0.2) is 0 Å². The van der Waals surface area contributed by atoms with Crippen LogP contribution in [0.3, 0.4) is 0 Å². The number of para-hydroxylation sites is 1. The highest BCUT2D eigenvalue weighted by Crippen LogP contribution is 2.38. The van der Waals surface area contributed by atoms with Gasteiger partial charge < -0.3 is 9.64 Å². The highest BCUT2D eigenvalue weighted by Gasteiger charge is 2.39. The summed E-state index contributed by atoms with van der Waals surface area (Å²) in [6.45, 7) is 3.56. The molecule has 0 spiro atoms. The van der Waals surface area contributed by atoms with Crippen molar-refractivity contribution in [1.82, 2.24) is 4.90 Å². The molecule has 2 aliphatic rings. The monoisotopic (exact) mass is 321 g/mol. The van der Waals surface area contributed by atoms with Crippen molar-refractivity contribution in [2.45, 2.75) is 37.7 Å². The van der Waals surface area contributed by atoms with Crippen LogP contribution in [0.4, 0.5) is 0 Å². The Morgan fingerprint density at radius 1 is 0.875 bits per heavy atom. The van der Waals surface area contributed by atoms with Crippen molar-refractivity contribution in [3.63, 3.8) is 0 Å². The van der Waals surface area contributed by atoms with Gasteiger partial charge in [-0.05, 0) is 36.5 Å². The van der Waals surface area contributed by atoms with E-state index in [1.54, 1.807) is 0 Å². The minimum Gasteiger partial charge on any atom is -0.482 e. The van der Waals surface area contributed by atoms with Gasteiger partial charge in [0.2, 0.25) is 0 Å². The highest BCUT2D eigenvalue weighted by atomic mass is 16.5. The Balaban J connectivity index is 1.51. The first-order chi connectivity index (χ1) is 11.8. The zero-order valence-electron chi connectivity index (χ0n) is 14.4. The third-order valence-electron chi connectivity index (χ3n) is 5.76. The number of likely N-dealkylation sites (tertiary alicyclic amines) is 1. The Kier molecular flexibility index (Phi) is 4.57. The molecule has 24 heavy (non-hydrogen) atoms. The summed E-state index contributed by atoms with van der Waals surface area (Å²) in [5.41, 5.74) is 1.13. The van der Waals surface area contributed by atoms with Crippen LogP contribution in [0.5, 0.6) is 5.75 Å². The minimum absolute atomic E-state index is 0.182. The van der Waals surface area contributed by atoms with Gasteiger partial charge in [-0.3, -0.25) is 0 Å². The van der Waals surface area contributed by atoms with Crippen LogP contribution in [0.15, 0.2) is 60.7 Å². The van der Waals surface area contributed by atoms with Crippen LogP contribution in [0, 0.1) is 5.92 Å². The Morgan fingerprint density at radius 3 is 2.08 bits per heavy atom. The van der Waals surface area contributed by atoms with Crippen molar-refractivity contribution in [3.05, 3.63) is 66.2 Å². The molecule has 0 bridgehead atoms. The van der Waals surface area contributed by atoms with Gasteiger partial charge in [-0.1, -0.05) is 55.0 Å². The lowest BCUT2D eigenvalue weighted by Gasteiger charge is -2.44. The zero-order valence-corrected chi connectivity index (χ0v) is 14.4. The van der Waals surface area contributed by atoms with Crippen molar-refractivity contribution >= 4 is 0 Å². The summed E-state index contributed by atoms with van der Waals surface area (Å²) in [7, 11) is 0. The Hall–Kier alpha value is -1.80. The quantitative estimate of drug-likeness (QED) is 0.780. The molecule has 2 aromatic rings. The Labute approximate surface area is 145 Å². The minimum atomic E-state index is -0.182. The largest absolute Gasteiger partial charge is 0.482 e. The molecule has 2 nitrogen and oxygen atoms in total. The fourth-order valence-electron chi connectivity index (χ4n) is 4.04. The average Bonchev–Trinajstić information content (AvgIpc) is 2.61. The summed E-state index contributed by atoms with van der Waals surface area (Å²) in [6, 6.07) is 21.1. The van der Waals surface area contributed by atoms with E-state index in [0.717, 1.165) is 37.6 Å². The number of hydrogen-bond acceptors (Lipinski definition) is 2. The van der Waals surface area contributed by atoms with E-state index in [-0.39, 0.29) is 5.60 Å². The first kappa shape index (κ1) is 15.7. The topological polar surface area (TPSA) is 12.5 Å². The third-order valence-corrected chi connectivity index (χ3v) is 5.76. The molecule has 1 saturated carbocycles. The SMILES string of the molecule is c1ccc(OC2(c3ccccc3)CCN(CC3CCC3)CC2)cc1. The van der Waals surface area contributed by atoms with E-state index >= 15 is 0 Å². The molecule has 0 radical (unpaired) electrons. The van der Waals surface area contributed by atoms with Gasteiger partial charge >= 0.3 is 0 Å². The van der Waals surface area contributed by atoms with E-state index in [1.165, 1.54) is 31.4 Å². The van der Waals surface area contributed by atoms with E-state index < -0.39 is 0 Å². The molecule has 4 rings (SSSR count). The van der Waals surface area contributed by atoms with E-state index in [9.17, 15) is 0 Å². The molecule has 1 saturated heterocycles. The summed E-state index contributed by atoms with van der Waals surface area (Å²) < 4.78 is 6.60. The lowest BCUT2D eigenvalue weighted by atomic mass is 9.81. The summed E-state index contributed by atoms with van der Waals surface area (Å²) in [5, 5.41) is 0. The van der Waals surface area contributed by atoms with Crippen LogP contribution in [0.25, 0.3) is 0 Å². The predicted molar refractivity (Wildman–Crippen MR) is 98.2 cm³/mol. The van der Waals surface area contributed by atoms with Gasteiger partial charge in [-0.15, -0.1) is 0 Å². The summed E-state index contributed by atoms with van der Waals surface area (Å²) in [4.78, 5) is 2.65. The van der Waals surface area contributed by atoms with Gasteiger partial charge in [0.25, 0.3) is 0 Å². The van der Waals surface area contributed by atoms with Gasteiger partial charge in [-0.2, -0.15) is 0 Å². The molecule has 2 aromatic carbocycles. The fourth-order valence-corrected chi connectivity index (χ4v) is 4.04. The summed E-state index contributed by atoms with van der Waals surface area (Å²) >= 11 is 0. The summed E-state index contributed by atoms with van der Waals surface area (Å²) in [6.07, 6.45) is 6.43. The summed E-state index contributed by atoms with van der Waals surface area (Å²) in [5.74, 6) is 1.93. The molecule has 0 N–H and O–H groups in total. The van der Waals surface area contributed by atoms with Crippen LogP contribution < -0.4 is 4.74 Å². The molecule has 2 fully saturated rings. The standard InChI is InChI=1S/C22H27NO/c1-3-10-20(11-4-1)22(24-21-12-5-2-6-13-21)14-16-23(17-15-22)18-19-8-7-9-19/h1-6,10-13,19H,7-9,14-18H2. The molecule has 126 valence electrons. The fraction of sp³-hybridized carbons (Fsp3) is 0.455. The number of hydrogen-bond donors (Lipinski definition) is 0. The van der Waals surface area contributed by atoms with Crippen molar-refractivity contribution in [1.29, 1.82) is 0 Å². The molecular formula is C22H27NO. The first-order valence-electron chi connectivity index (χ1n) is 9.36. The van der Waals surface area contributed by atoms with Crippen LogP contribution in [0.1, 0.15) is 37.7 Å². The number of rotatable bonds is 5. The maximum absolute atomic E-state index is 6.60. The lowest BCUT2D eigenvalue weighted by Crippen LogP contribution is -2.47. The maximum atomic E-state index is 6.60. The smallest absolute Gasteiger partial charge is 0.136 e. The van der Waals surface area contributed by atoms with Crippen molar-refractivity contribution in [3.8, 4) is 5.75 Å². The second kappa shape index (κ2) is 6.98. The van der Waals surface area contributed by atoms with Crippen LogP contribution in [0.2, 0.25) is 0 Å². The lowest BCUT2D eigenvalue weighted by molar-refractivity contribution is -0.00960. The van der Waals surface area contributed by atoms with Crippen LogP contribution >= 0.6 is 0 Å². The molecule has 0 atom stereocenters. The van der Waals surface area contributed by atoms with Gasteiger partial charge in [0, 0.05) is 32.5 Å². The molecule has 1 aliphatic carbocycles. The number of nitrogens with zero attached hydrogens (tertiary/aromatic N) is 1. The Morgan fingerprint density at radius 2 is 1.50 bits per heavy atom. The molecule has 0 unspecified atom stereocenters. The van der Waals surface area contributed by atoms with Gasteiger partial charge in [0.05, 0.1) is 0 Å². The zero-order chi connectivity index (χ0) is 16.2. The van der Waals surface area contributed by atoms with Crippen molar-refractivity contribution < 1.29 is 4.74 Å². The average molecular weight is 321 g/mol. The van der Waals surface area contributed by atoms with E-state index in [1.807, 2.05) is 6.07 Å². The molecule has 0 amide bonds. The van der Waals surface area contributed by atoms with Gasteiger partial charge in [0.1, 0.15) is 11.4 Å². The highest BCUT2D eigenvalue weighted by molar-refractivity contribution is 5.28. The molecule has 1 aliphatic heterocycles. The number of piperidine rings is 1. The number of benzene rings is 2. The Bertz CT molecular complexity index is 628. The van der Waals surface area contributed by atoms with Gasteiger partial charge in [-0.25, -0.2) is 0 Å². The molecule has 2 heteroatoms. The first-order valence-corrected chi connectivity index (χ1v) is 9.36. The normalized spacial score (nSPS) is 21.2. The van der Waals surface area contributed by atoms with Crippen molar-refractivity contribution in [2.24, 2.45) is 5.92 Å². The maximum Gasteiger partial charge on any atom is 0.136 e. The van der Waals surface area contributed by atoms with Crippen molar-refractivity contribution in [2.75, 3.05) is 19.6 Å². The predicted octanol–water partition coefficient (Wildman–Crippen LogP) is 4.86. The van der Waals surface area contributed by atoms with Crippen LogP contribution in [-0.4, -0.2) is 24.5 Å². The van der Waals surface area contributed by atoms with E-state index in [2.05, 4.69) is 59.5 Å². The third kappa shape index (κ3) is 3.34. The second-order valence-corrected chi connectivity index (χ2v) is 7.37. The second-order valence-electron chi connectivity index (χ2n) is 7.37. The molecule has 0 aromatic heterocycles. The number of ether oxygens (including phenoxy) is 1. The van der Waals surface area contributed by atoms with E-state index in [4.69, 9.17) is 4.74 Å². The van der Waals surface area contributed by atoms with E-state index in [0.29, 0.717) is 0 Å².